The summed E-state index contributed by atoms with van der Waals surface area (Å²) in [4.78, 5) is 12.4. The maximum Gasteiger partial charge on any atom is 0.330 e. The second-order valence-electron chi connectivity index (χ2n) is 4.91. The highest BCUT2D eigenvalue weighted by Gasteiger charge is 2.43. The molecule has 0 bridgehead atoms. The first-order chi connectivity index (χ1) is 9.12. The van der Waals surface area contributed by atoms with Gasteiger partial charge in [0.25, 0.3) is 0 Å². The van der Waals surface area contributed by atoms with E-state index in [1.165, 1.54) is 0 Å². The van der Waals surface area contributed by atoms with E-state index in [0.29, 0.717) is 24.1 Å². The standard InChI is InChI=1S/C15H20ClNO2/c1-3-15(14(18)19-4-2,17-13-8-9-13)11-6-5-7-12(16)10-11/h5-7,10,13,17H,3-4,8-9H2,1-2H3. The van der Waals surface area contributed by atoms with E-state index in [0.717, 1.165) is 18.4 Å². The predicted octanol–water partition coefficient (Wildman–Crippen LogP) is 3.26. The molecule has 1 aliphatic rings. The molecular weight excluding hydrogens is 262 g/mol. The van der Waals surface area contributed by atoms with E-state index < -0.39 is 5.54 Å². The van der Waals surface area contributed by atoms with Gasteiger partial charge >= 0.3 is 5.97 Å². The van der Waals surface area contributed by atoms with Crippen molar-refractivity contribution in [3.63, 3.8) is 0 Å². The van der Waals surface area contributed by atoms with E-state index in [1.807, 2.05) is 38.1 Å². The van der Waals surface area contributed by atoms with Crippen LogP contribution < -0.4 is 5.32 Å². The molecule has 1 atom stereocenters. The van der Waals surface area contributed by atoms with Crippen LogP contribution in [0.15, 0.2) is 24.3 Å². The molecule has 0 heterocycles. The molecule has 1 aliphatic carbocycles. The number of esters is 1. The van der Waals surface area contributed by atoms with Crippen LogP contribution in [0.1, 0.15) is 38.7 Å². The molecule has 1 aromatic carbocycles. The number of rotatable bonds is 6. The van der Waals surface area contributed by atoms with Gasteiger partial charge in [-0.1, -0.05) is 30.7 Å². The van der Waals surface area contributed by atoms with E-state index >= 15 is 0 Å². The van der Waals surface area contributed by atoms with Gasteiger partial charge < -0.3 is 4.74 Å². The number of carbonyl (C=O) groups excluding carboxylic acids is 1. The van der Waals surface area contributed by atoms with Gasteiger partial charge in [-0.3, -0.25) is 5.32 Å². The van der Waals surface area contributed by atoms with Crippen molar-refractivity contribution in [2.45, 2.75) is 44.7 Å². The van der Waals surface area contributed by atoms with Crippen molar-refractivity contribution in [3.8, 4) is 0 Å². The van der Waals surface area contributed by atoms with Crippen molar-refractivity contribution >= 4 is 17.6 Å². The summed E-state index contributed by atoms with van der Waals surface area (Å²) in [6.45, 7) is 4.20. The molecule has 3 nitrogen and oxygen atoms in total. The molecule has 1 aromatic rings. The van der Waals surface area contributed by atoms with Crippen molar-refractivity contribution in [1.29, 1.82) is 0 Å². The molecule has 19 heavy (non-hydrogen) atoms. The first-order valence-electron chi connectivity index (χ1n) is 6.83. The number of ether oxygens (including phenoxy) is 1. The molecule has 0 spiro atoms. The van der Waals surface area contributed by atoms with Gasteiger partial charge in [0.1, 0.15) is 5.54 Å². The van der Waals surface area contributed by atoms with Crippen molar-refractivity contribution in [2.75, 3.05) is 6.61 Å². The number of carbonyl (C=O) groups is 1. The molecule has 1 fully saturated rings. The Morgan fingerprint density at radius 3 is 2.74 bits per heavy atom. The molecule has 4 heteroatoms. The Hall–Kier alpha value is -1.06. The number of benzene rings is 1. The summed E-state index contributed by atoms with van der Waals surface area (Å²) in [6, 6.07) is 7.87. The quantitative estimate of drug-likeness (QED) is 0.814. The van der Waals surface area contributed by atoms with Crippen LogP contribution in [0.2, 0.25) is 5.02 Å². The average Bonchev–Trinajstić information content (AvgIpc) is 3.20. The highest BCUT2D eigenvalue weighted by molar-refractivity contribution is 6.30. The number of halogens is 1. The fourth-order valence-corrected chi connectivity index (χ4v) is 2.49. The van der Waals surface area contributed by atoms with E-state index in [-0.39, 0.29) is 5.97 Å². The second-order valence-corrected chi connectivity index (χ2v) is 5.34. The summed E-state index contributed by atoms with van der Waals surface area (Å²) in [5.41, 5.74) is 0.107. The topological polar surface area (TPSA) is 38.3 Å². The zero-order chi connectivity index (χ0) is 13.9. The van der Waals surface area contributed by atoms with Crippen molar-refractivity contribution in [1.82, 2.24) is 5.32 Å². The molecular formula is C15H20ClNO2. The Bertz CT molecular complexity index is 459. The van der Waals surface area contributed by atoms with Crippen LogP contribution >= 0.6 is 11.6 Å². The molecule has 104 valence electrons. The van der Waals surface area contributed by atoms with E-state index in [4.69, 9.17) is 16.3 Å². The van der Waals surface area contributed by atoms with Crippen LogP contribution in [0.3, 0.4) is 0 Å². The summed E-state index contributed by atoms with van der Waals surface area (Å²) in [7, 11) is 0. The highest BCUT2D eigenvalue weighted by atomic mass is 35.5. The largest absolute Gasteiger partial charge is 0.464 e. The van der Waals surface area contributed by atoms with E-state index in [9.17, 15) is 4.79 Å². The first-order valence-corrected chi connectivity index (χ1v) is 7.21. The smallest absolute Gasteiger partial charge is 0.330 e. The van der Waals surface area contributed by atoms with Crippen molar-refractivity contribution in [2.24, 2.45) is 0 Å². The lowest BCUT2D eigenvalue weighted by molar-refractivity contribution is -0.152. The lowest BCUT2D eigenvalue weighted by Gasteiger charge is -2.32. The third-order valence-corrected chi connectivity index (χ3v) is 3.73. The number of nitrogens with one attached hydrogen (secondary N) is 1. The zero-order valence-electron chi connectivity index (χ0n) is 11.4. The minimum Gasteiger partial charge on any atom is -0.464 e. The van der Waals surface area contributed by atoms with E-state index in [2.05, 4.69) is 5.32 Å². The fraction of sp³-hybridized carbons (Fsp3) is 0.533. The summed E-state index contributed by atoms with van der Waals surface area (Å²) in [6.07, 6.45) is 2.87. The Morgan fingerprint density at radius 2 is 2.21 bits per heavy atom. The molecule has 0 amide bonds. The minimum absolute atomic E-state index is 0.216. The van der Waals surface area contributed by atoms with Crippen LogP contribution in [0.25, 0.3) is 0 Å². The lowest BCUT2D eigenvalue weighted by atomic mass is 9.87. The molecule has 1 saturated carbocycles. The average molecular weight is 282 g/mol. The Labute approximate surface area is 119 Å². The predicted molar refractivity (Wildman–Crippen MR) is 76.2 cm³/mol. The lowest BCUT2D eigenvalue weighted by Crippen LogP contribution is -2.50. The number of hydrogen-bond donors (Lipinski definition) is 1. The molecule has 2 rings (SSSR count). The minimum atomic E-state index is -0.776. The maximum atomic E-state index is 12.4. The summed E-state index contributed by atoms with van der Waals surface area (Å²) >= 11 is 6.06. The van der Waals surface area contributed by atoms with Crippen LogP contribution in [-0.4, -0.2) is 18.6 Å². The molecule has 1 unspecified atom stereocenters. The molecule has 0 aliphatic heterocycles. The SMILES string of the molecule is CCOC(=O)C(CC)(NC1CC1)c1cccc(Cl)c1. The molecule has 1 N–H and O–H groups in total. The molecule has 0 saturated heterocycles. The summed E-state index contributed by atoms with van der Waals surface area (Å²) in [5, 5.41) is 4.09. The van der Waals surface area contributed by atoms with Gasteiger partial charge in [0.2, 0.25) is 0 Å². The van der Waals surface area contributed by atoms with Crippen LogP contribution in [0.5, 0.6) is 0 Å². The van der Waals surface area contributed by atoms with Crippen LogP contribution in [0, 0.1) is 0 Å². The third-order valence-electron chi connectivity index (χ3n) is 3.50. The summed E-state index contributed by atoms with van der Waals surface area (Å²) < 4.78 is 5.28. The third kappa shape index (κ3) is 3.10. The van der Waals surface area contributed by atoms with Crippen LogP contribution in [-0.2, 0) is 15.1 Å². The highest BCUT2D eigenvalue weighted by Crippen LogP contribution is 2.33. The fourth-order valence-electron chi connectivity index (χ4n) is 2.30. The van der Waals surface area contributed by atoms with Crippen molar-refractivity contribution in [3.05, 3.63) is 34.9 Å². The van der Waals surface area contributed by atoms with Gasteiger partial charge in [0, 0.05) is 11.1 Å². The second kappa shape index (κ2) is 5.93. The van der Waals surface area contributed by atoms with Gasteiger partial charge in [-0.05, 0) is 43.9 Å². The molecule has 0 aromatic heterocycles. The first kappa shape index (κ1) is 14.4. The summed E-state index contributed by atoms with van der Waals surface area (Å²) in [5.74, 6) is -0.216. The van der Waals surface area contributed by atoms with Crippen molar-refractivity contribution < 1.29 is 9.53 Å². The van der Waals surface area contributed by atoms with Gasteiger partial charge in [0.05, 0.1) is 6.61 Å². The van der Waals surface area contributed by atoms with Crippen LogP contribution in [0.4, 0.5) is 0 Å². The zero-order valence-corrected chi connectivity index (χ0v) is 12.2. The van der Waals surface area contributed by atoms with Gasteiger partial charge in [0.15, 0.2) is 0 Å². The Kier molecular flexibility index (Phi) is 4.48. The van der Waals surface area contributed by atoms with Gasteiger partial charge in [-0.25, -0.2) is 4.79 Å². The van der Waals surface area contributed by atoms with Gasteiger partial charge in [-0.2, -0.15) is 0 Å². The maximum absolute atomic E-state index is 12.4. The van der Waals surface area contributed by atoms with E-state index in [1.54, 1.807) is 0 Å². The number of hydrogen-bond acceptors (Lipinski definition) is 3. The Balaban J connectivity index is 2.38. The normalized spacial score (nSPS) is 17.8. The van der Waals surface area contributed by atoms with Gasteiger partial charge in [-0.15, -0.1) is 0 Å². The Morgan fingerprint density at radius 1 is 1.47 bits per heavy atom. The monoisotopic (exact) mass is 281 g/mol. The molecule has 0 radical (unpaired) electrons.